The van der Waals surface area contributed by atoms with Crippen LogP contribution < -0.4 is 5.32 Å². The van der Waals surface area contributed by atoms with Crippen LogP contribution in [0.2, 0.25) is 10.0 Å². The molecule has 0 spiro atoms. The SMILES string of the molecule is O=C(O)CC(NC(=O)SCc1ccccc1)C(=O)Cn1nnnc1Cc1c(Cl)cccc1Cl. The minimum atomic E-state index is -1.24. The van der Waals surface area contributed by atoms with E-state index in [-0.39, 0.29) is 13.0 Å². The highest BCUT2D eigenvalue weighted by Gasteiger charge is 2.25. The van der Waals surface area contributed by atoms with E-state index >= 15 is 0 Å². The Morgan fingerprint density at radius 1 is 1.06 bits per heavy atom. The van der Waals surface area contributed by atoms with Crippen molar-refractivity contribution in [2.24, 2.45) is 0 Å². The third-order valence-electron chi connectivity index (χ3n) is 4.58. The van der Waals surface area contributed by atoms with Gasteiger partial charge in [-0.2, -0.15) is 0 Å². The minimum absolute atomic E-state index is 0.168. The van der Waals surface area contributed by atoms with Crippen LogP contribution in [-0.2, 0) is 28.3 Å². The average Bonchev–Trinajstić information content (AvgIpc) is 3.21. The number of hydrogen-bond donors (Lipinski definition) is 2. The van der Waals surface area contributed by atoms with Crippen LogP contribution >= 0.6 is 35.0 Å². The van der Waals surface area contributed by atoms with Crippen molar-refractivity contribution in [3.05, 3.63) is 75.5 Å². The Bertz CT molecular complexity index is 1120. The second kappa shape index (κ2) is 11.8. The molecule has 0 aliphatic heterocycles. The van der Waals surface area contributed by atoms with Crippen molar-refractivity contribution >= 4 is 52.0 Å². The van der Waals surface area contributed by atoms with Gasteiger partial charge < -0.3 is 10.4 Å². The molecule has 9 nitrogen and oxygen atoms in total. The summed E-state index contributed by atoms with van der Waals surface area (Å²) in [7, 11) is 0. The smallest absolute Gasteiger partial charge is 0.305 e. The molecular formula is C21H19Cl2N5O4S. The number of Topliss-reactive ketones (excluding diaryl/α,β-unsaturated/α-hetero) is 1. The molecule has 0 aliphatic rings. The lowest BCUT2D eigenvalue weighted by molar-refractivity contribution is -0.139. The summed E-state index contributed by atoms with van der Waals surface area (Å²) in [6, 6.07) is 13.1. The number of nitrogens with zero attached hydrogens (tertiary/aromatic N) is 4. The molecular weight excluding hydrogens is 489 g/mol. The molecule has 0 aliphatic carbocycles. The van der Waals surface area contributed by atoms with Crippen molar-refractivity contribution in [1.82, 2.24) is 25.5 Å². The van der Waals surface area contributed by atoms with Gasteiger partial charge in [0.2, 0.25) is 0 Å². The zero-order valence-electron chi connectivity index (χ0n) is 17.1. The van der Waals surface area contributed by atoms with Gasteiger partial charge in [0.15, 0.2) is 11.6 Å². The number of carboxylic acids is 1. The number of benzene rings is 2. The topological polar surface area (TPSA) is 127 Å². The first kappa shape index (κ1) is 24.7. The molecule has 172 valence electrons. The summed E-state index contributed by atoms with van der Waals surface area (Å²) < 4.78 is 1.24. The third kappa shape index (κ3) is 7.28. The molecule has 2 aromatic carbocycles. The zero-order valence-corrected chi connectivity index (χ0v) is 19.5. The molecule has 2 N–H and O–H groups in total. The Balaban J connectivity index is 1.66. The quantitative estimate of drug-likeness (QED) is 0.425. The third-order valence-corrected chi connectivity index (χ3v) is 6.15. The van der Waals surface area contributed by atoms with E-state index in [1.54, 1.807) is 18.2 Å². The van der Waals surface area contributed by atoms with E-state index in [1.165, 1.54) is 4.68 Å². The van der Waals surface area contributed by atoms with Crippen LogP contribution in [0.3, 0.4) is 0 Å². The Labute approximate surface area is 203 Å². The summed E-state index contributed by atoms with van der Waals surface area (Å²) in [6.07, 6.45) is -0.397. The van der Waals surface area contributed by atoms with Gasteiger partial charge in [0.1, 0.15) is 12.6 Å². The largest absolute Gasteiger partial charge is 0.481 e. The van der Waals surface area contributed by atoms with Crippen LogP contribution in [-0.4, -0.2) is 48.3 Å². The van der Waals surface area contributed by atoms with Gasteiger partial charge in [0, 0.05) is 22.2 Å². The van der Waals surface area contributed by atoms with Gasteiger partial charge in [0.05, 0.1) is 6.42 Å². The molecule has 12 heteroatoms. The van der Waals surface area contributed by atoms with E-state index in [1.807, 2.05) is 30.3 Å². The maximum absolute atomic E-state index is 12.8. The second-order valence-corrected chi connectivity index (χ2v) is 8.72. The van der Waals surface area contributed by atoms with Gasteiger partial charge in [-0.15, -0.1) is 5.10 Å². The summed E-state index contributed by atoms with van der Waals surface area (Å²) in [4.78, 5) is 36.4. The maximum atomic E-state index is 12.8. The van der Waals surface area contributed by atoms with Gasteiger partial charge in [0.25, 0.3) is 5.24 Å². The van der Waals surface area contributed by atoms with Gasteiger partial charge >= 0.3 is 5.97 Å². The Morgan fingerprint density at radius 3 is 2.42 bits per heavy atom. The normalized spacial score (nSPS) is 11.7. The Kier molecular flexibility index (Phi) is 8.81. The molecule has 0 bridgehead atoms. The Morgan fingerprint density at radius 2 is 1.76 bits per heavy atom. The van der Waals surface area contributed by atoms with Crippen LogP contribution in [0.4, 0.5) is 4.79 Å². The van der Waals surface area contributed by atoms with Crippen molar-refractivity contribution in [3.63, 3.8) is 0 Å². The number of halogens is 2. The summed E-state index contributed by atoms with van der Waals surface area (Å²) in [5.74, 6) is -1.07. The highest BCUT2D eigenvalue weighted by atomic mass is 35.5. The summed E-state index contributed by atoms with van der Waals surface area (Å²) in [5.41, 5.74) is 1.52. The summed E-state index contributed by atoms with van der Waals surface area (Å²) in [5, 5.41) is 23.4. The van der Waals surface area contributed by atoms with E-state index in [2.05, 4.69) is 20.8 Å². The summed E-state index contributed by atoms with van der Waals surface area (Å²) in [6.45, 7) is -0.327. The van der Waals surface area contributed by atoms with Gasteiger partial charge in [-0.1, -0.05) is 71.4 Å². The lowest BCUT2D eigenvalue weighted by Gasteiger charge is -2.16. The number of nitrogens with one attached hydrogen (secondary N) is 1. The first-order chi connectivity index (χ1) is 15.8. The number of aliphatic carboxylic acids is 1. The number of ketones is 1. The predicted octanol–water partition coefficient (Wildman–Crippen LogP) is 3.63. The van der Waals surface area contributed by atoms with Gasteiger partial charge in [-0.25, -0.2) is 4.68 Å². The molecule has 0 fully saturated rings. The molecule has 1 heterocycles. The van der Waals surface area contributed by atoms with Crippen LogP contribution in [0, 0.1) is 0 Å². The van der Waals surface area contributed by atoms with Crippen LogP contribution in [0.15, 0.2) is 48.5 Å². The van der Waals surface area contributed by atoms with Crippen molar-refractivity contribution in [1.29, 1.82) is 0 Å². The highest BCUT2D eigenvalue weighted by molar-refractivity contribution is 8.12. The molecule has 33 heavy (non-hydrogen) atoms. The molecule has 1 atom stereocenters. The minimum Gasteiger partial charge on any atom is -0.481 e. The Hall–Kier alpha value is -2.95. The molecule has 3 aromatic rings. The fourth-order valence-electron chi connectivity index (χ4n) is 2.92. The van der Waals surface area contributed by atoms with E-state index in [0.29, 0.717) is 27.2 Å². The number of carboxylic acid groups (broad SMARTS) is 1. The number of carbonyl (C=O) groups excluding carboxylic acids is 2. The summed E-state index contributed by atoms with van der Waals surface area (Å²) >= 11 is 13.3. The molecule has 0 saturated heterocycles. The molecule has 0 radical (unpaired) electrons. The molecule has 1 aromatic heterocycles. The molecule has 0 saturated carbocycles. The van der Waals surface area contributed by atoms with E-state index in [9.17, 15) is 19.5 Å². The van der Waals surface area contributed by atoms with Crippen LogP contribution in [0.25, 0.3) is 0 Å². The monoisotopic (exact) mass is 507 g/mol. The van der Waals surface area contributed by atoms with Gasteiger partial charge in [-0.05, 0) is 33.7 Å². The average molecular weight is 508 g/mol. The van der Waals surface area contributed by atoms with E-state index in [0.717, 1.165) is 17.3 Å². The van der Waals surface area contributed by atoms with Gasteiger partial charge in [-0.3, -0.25) is 14.4 Å². The van der Waals surface area contributed by atoms with Crippen molar-refractivity contribution in [3.8, 4) is 0 Å². The van der Waals surface area contributed by atoms with Crippen LogP contribution in [0.1, 0.15) is 23.4 Å². The van der Waals surface area contributed by atoms with Crippen molar-refractivity contribution in [2.75, 3.05) is 0 Å². The number of amides is 1. The number of hydrogen-bond acceptors (Lipinski definition) is 7. The molecule has 1 unspecified atom stereocenters. The number of tetrazole rings is 1. The van der Waals surface area contributed by atoms with E-state index < -0.39 is 29.5 Å². The number of carbonyl (C=O) groups is 3. The second-order valence-electron chi connectivity index (χ2n) is 6.95. The number of rotatable bonds is 10. The lowest BCUT2D eigenvalue weighted by atomic mass is 10.1. The van der Waals surface area contributed by atoms with Crippen molar-refractivity contribution in [2.45, 2.75) is 31.2 Å². The van der Waals surface area contributed by atoms with E-state index in [4.69, 9.17) is 23.2 Å². The highest BCUT2D eigenvalue weighted by Crippen LogP contribution is 2.26. The predicted molar refractivity (Wildman–Crippen MR) is 124 cm³/mol. The first-order valence-corrected chi connectivity index (χ1v) is 11.5. The van der Waals surface area contributed by atoms with Crippen molar-refractivity contribution < 1.29 is 19.5 Å². The molecule has 3 rings (SSSR count). The fraction of sp³-hybridized carbons (Fsp3) is 0.238. The standard InChI is InChI=1S/C21H19Cl2N5O4S/c22-15-7-4-8-16(23)14(15)9-19-25-26-27-28(19)11-18(29)17(10-20(30)31)24-21(32)33-12-13-5-2-1-3-6-13/h1-8,17H,9-12H2,(H,24,32)(H,30,31). The number of aromatic nitrogens is 4. The van der Waals surface area contributed by atoms with Crippen LogP contribution in [0.5, 0.6) is 0 Å². The molecule has 1 amide bonds. The zero-order chi connectivity index (χ0) is 23.8. The first-order valence-electron chi connectivity index (χ1n) is 9.73. The fourth-order valence-corrected chi connectivity index (χ4v) is 4.16. The maximum Gasteiger partial charge on any atom is 0.305 e. The number of thioether (sulfide) groups is 1. The lowest BCUT2D eigenvalue weighted by Crippen LogP contribution is -2.42.